The van der Waals surface area contributed by atoms with Gasteiger partial charge in [-0.2, -0.15) is 0 Å². The molecule has 0 bridgehead atoms. The van der Waals surface area contributed by atoms with Gasteiger partial charge in [0.1, 0.15) is 0 Å². The third-order valence-electron chi connectivity index (χ3n) is 4.79. The number of urea groups is 1. The first-order valence-electron chi connectivity index (χ1n) is 8.95. The zero-order valence-electron chi connectivity index (χ0n) is 14.8. The second-order valence-electron chi connectivity index (χ2n) is 6.80. The maximum atomic E-state index is 12.3. The molecule has 26 heavy (non-hydrogen) atoms. The lowest BCUT2D eigenvalue weighted by atomic mass is 9.95. The molecule has 0 aromatic carbocycles. The van der Waals surface area contributed by atoms with E-state index in [4.69, 9.17) is 0 Å². The molecule has 9 heteroatoms. The number of carbonyl (C=O) groups is 3. The summed E-state index contributed by atoms with van der Waals surface area (Å²) < 4.78 is 0. The van der Waals surface area contributed by atoms with E-state index >= 15 is 0 Å². The van der Waals surface area contributed by atoms with E-state index in [1.54, 1.807) is 13.1 Å². The van der Waals surface area contributed by atoms with Crippen LogP contribution in [0.1, 0.15) is 32.6 Å². The number of imide groups is 1. The number of hydrogen-bond donors (Lipinski definition) is 3. The smallest absolute Gasteiger partial charge is 0.321 e. The van der Waals surface area contributed by atoms with Crippen LogP contribution in [0.5, 0.6) is 0 Å². The molecule has 3 rings (SSSR count). The van der Waals surface area contributed by atoms with E-state index in [0.29, 0.717) is 31.7 Å². The van der Waals surface area contributed by atoms with Gasteiger partial charge >= 0.3 is 6.03 Å². The van der Waals surface area contributed by atoms with Gasteiger partial charge in [-0.15, -0.1) is 0 Å². The number of rotatable bonds is 5. The Balaban J connectivity index is 1.42. The molecule has 2 fully saturated rings. The second-order valence-corrected chi connectivity index (χ2v) is 6.80. The molecule has 0 unspecified atom stereocenters. The van der Waals surface area contributed by atoms with Crippen molar-refractivity contribution < 1.29 is 14.4 Å². The van der Waals surface area contributed by atoms with Gasteiger partial charge in [-0.05, 0) is 45.7 Å². The molecule has 1 saturated heterocycles. The normalized spacial score (nSPS) is 19.4. The van der Waals surface area contributed by atoms with Crippen molar-refractivity contribution in [2.24, 2.45) is 5.92 Å². The Bertz CT molecular complexity index is 656. The van der Waals surface area contributed by atoms with E-state index in [1.165, 1.54) is 12.4 Å². The highest BCUT2D eigenvalue weighted by Gasteiger charge is 2.31. The van der Waals surface area contributed by atoms with Crippen LogP contribution in [0.2, 0.25) is 0 Å². The summed E-state index contributed by atoms with van der Waals surface area (Å²) in [4.78, 5) is 46.1. The first kappa shape index (κ1) is 18.2. The fraction of sp³-hybridized carbons (Fsp3) is 0.588. The lowest BCUT2D eigenvalue weighted by Gasteiger charge is -2.34. The number of likely N-dealkylation sites (tertiary alicyclic amines) is 1. The van der Waals surface area contributed by atoms with E-state index < -0.39 is 12.1 Å². The van der Waals surface area contributed by atoms with Crippen molar-refractivity contribution in [3.05, 3.63) is 18.6 Å². The molecule has 1 aromatic rings. The lowest BCUT2D eigenvalue weighted by molar-refractivity contribution is -0.126. The molecule has 9 nitrogen and oxygen atoms in total. The Kier molecular flexibility index (Phi) is 5.77. The fourth-order valence-corrected chi connectivity index (χ4v) is 2.97. The molecular formula is C17H24N6O3. The topological polar surface area (TPSA) is 116 Å². The number of nitrogens with zero attached hydrogens (tertiary/aromatic N) is 3. The highest BCUT2D eigenvalue weighted by molar-refractivity contribution is 5.97. The zero-order chi connectivity index (χ0) is 18.5. The van der Waals surface area contributed by atoms with Crippen molar-refractivity contribution in [3.63, 3.8) is 0 Å². The number of anilines is 1. The molecular weight excluding hydrogens is 336 g/mol. The van der Waals surface area contributed by atoms with Crippen LogP contribution in [0, 0.1) is 5.92 Å². The highest BCUT2D eigenvalue weighted by atomic mass is 16.2. The summed E-state index contributed by atoms with van der Waals surface area (Å²) in [6.07, 6.45) is 7.83. The van der Waals surface area contributed by atoms with Gasteiger partial charge in [-0.3, -0.25) is 24.8 Å². The maximum absolute atomic E-state index is 12.3. The molecule has 1 aromatic heterocycles. The summed E-state index contributed by atoms with van der Waals surface area (Å²) in [6.45, 7) is 3.02. The second kappa shape index (κ2) is 8.22. The van der Waals surface area contributed by atoms with Crippen LogP contribution in [0.25, 0.3) is 0 Å². The van der Waals surface area contributed by atoms with E-state index in [2.05, 4.69) is 25.9 Å². The quantitative estimate of drug-likeness (QED) is 0.704. The molecule has 1 aliphatic carbocycles. The largest absolute Gasteiger partial charge is 0.335 e. The summed E-state index contributed by atoms with van der Waals surface area (Å²) >= 11 is 0. The molecule has 2 heterocycles. The van der Waals surface area contributed by atoms with E-state index in [9.17, 15) is 14.4 Å². The van der Waals surface area contributed by atoms with Crippen LogP contribution < -0.4 is 16.0 Å². The zero-order valence-corrected chi connectivity index (χ0v) is 14.8. The Hall–Kier alpha value is -2.55. The van der Waals surface area contributed by atoms with Gasteiger partial charge in [-0.1, -0.05) is 0 Å². The Morgan fingerprint density at radius 2 is 1.88 bits per heavy atom. The van der Waals surface area contributed by atoms with Crippen molar-refractivity contribution >= 4 is 23.7 Å². The third-order valence-corrected chi connectivity index (χ3v) is 4.79. The maximum Gasteiger partial charge on any atom is 0.321 e. The van der Waals surface area contributed by atoms with Crippen molar-refractivity contribution in [1.82, 2.24) is 25.5 Å². The van der Waals surface area contributed by atoms with Crippen molar-refractivity contribution in [2.75, 3.05) is 18.4 Å². The minimum absolute atomic E-state index is 0.0777. The minimum atomic E-state index is -0.428. The number of piperidine rings is 1. The van der Waals surface area contributed by atoms with Gasteiger partial charge in [0.2, 0.25) is 11.8 Å². The van der Waals surface area contributed by atoms with Crippen LogP contribution in [-0.2, 0) is 9.59 Å². The Labute approximate surface area is 151 Å². The average molecular weight is 360 g/mol. The summed E-state index contributed by atoms with van der Waals surface area (Å²) in [5, 5.41) is 7.89. The lowest BCUT2D eigenvalue weighted by Crippen LogP contribution is -2.52. The summed E-state index contributed by atoms with van der Waals surface area (Å²) in [7, 11) is 0. The first-order chi connectivity index (χ1) is 12.5. The van der Waals surface area contributed by atoms with Crippen LogP contribution in [-0.4, -0.2) is 57.9 Å². The summed E-state index contributed by atoms with van der Waals surface area (Å²) in [6, 6.07) is -0.631. The van der Waals surface area contributed by atoms with Crippen LogP contribution in [0.15, 0.2) is 18.6 Å². The van der Waals surface area contributed by atoms with E-state index in [1.807, 2.05) is 4.90 Å². The molecule has 1 aliphatic heterocycles. The van der Waals surface area contributed by atoms with Gasteiger partial charge in [0, 0.05) is 24.4 Å². The van der Waals surface area contributed by atoms with Gasteiger partial charge in [-0.25, -0.2) is 9.78 Å². The standard InChI is InChI=1S/C17H24N6O3/c1-11(15(24)22-17(26)20-13-2-3-13)23-8-4-12(5-9-23)16(25)21-14-10-18-6-7-19-14/h6-7,10-13H,2-5,8-9H2,1H3,(H,19,21,25)(H2,20,22,24,26)/t11-/m0/s1. The van der Waals surface area contributed by atoms with Crippen molar-refractivity contribution in [2.45, 2.75) is 44.7 Å². The molecule has 4 amide bonds. The predicted octanol–water partition coefficient (Wildman–Crippen LogP) is 0.504. The third kappa shape index (κ3) is 4.98. The molecule has 140 valence electrons. The molecule has 1 atom stereocenters. The van der Waals surface area contributed by atoms with Gasteiger partial charge in [0.25, 0.3) is 0 Å². The molecule has 0 radical (unpaired) electrons. The summed E-state index contributed by atoms with van der Waals surface area (Å²) in [5.74, 6) is -0.0762. The van der Waals surface area contributed by atoms with Gasteiger partial charge < -0.3 is 10.6 Å². The number of aromatic nitrogens is 2. The van der Waals surface area contributed by atoms with Crippen LogP contribution >= 0.6 is 0 Å². The number of nitrogens with one attached hydrogen (secondary N) is 3. The highest BCUT2D eigenvalue weighted by Crippen LogP contribution is 2.21. The molecule has 2 aliphatic rings. The molecule has 0 spiro atoms. The SMILES string of the molecule is C[C@@H](C(=O)NC(=O)NC1CC1)N1CCC(C(=O)Nc2cnccn2)CC1. The van der Waals surface area contributed by atoms with Crippen LogP contribution in [0.4, 0.5) is 10.6 Å². The Morgan fingerprint density at radius 3 is 2.50 bits per heavy atom. The van der Waals surface area contributed by atoms with E-state index in [-0.39, 0.29) is 23.8 Å². The number of amides is 4. The van der Waals surface area contributed by atoms with Crippen molar-refractivity contribution in [1.29, 1.82) is 0 Å². The van der Waals surface area contributed by atoms with E-state index in [0.717, 1.165) is 12.8 Å². The average Bonchev–Trinajstić information content (AvgIpc) is 3.45. The number of hydrogen-bond acceptors (Lipinski definition) is 6. The van der Waals surface area contributed by atoms with Gasteiger partial charge in [0.05, 0.1) is 12.2 Å². The minimum Gasteiger partial charge on any atom is -0.335 e. The Morgan fingerprint density at radius 1 is 1.15 bits per heavy atom. The molecule has 3 N–H and O–H groups in total. The summed E-state index contributed by atoms with van der Waals surface area (Å²) in [5.41, 5.74) is 0. The van der Waals surface area contributed by atoms with Crippen LogP contribution in [0.3, 0.4) is 0 Å². The molecule has 1 saturated carbocycles. The predicted molar refractivity (Wildman–Crippen MR) is 94.1 cm³/mol. The van der Waals surface area contributed by atoms with Gasteiger partial charge in [0.15, 0.2) is 5.82 Å². The number of carbonyl (C=O) groups excluding carboxylic acids is 3. The van der Waals surface area contributed by atoms with Crippen molar-refractivity contribution in [3.8, 4) is 0 Å². The monoisotopic (exact) mass is 360 g/mol. The first-order valence-corrected chi connectivity index (χ1v) is 8.95. The fourth-order valence-electron chi connectivity index (χ4n) is 2.97.